The summed E-state index contributed by atoms with van der Waals surface area (Å²) in [7, 11) is 4.91. The highest BCUT2D eigenvalue weighted by Crippen LogP contribution is 2.25. The summed E-state index contributed by atoms with van der Waals surface area (Å²) >= 11 is 3.37. The Labute approximate surface area is 161 Å². The second-order valence-corrected chi connectivity index (χ2v) is 6.60. The third-order valence-electron chi connectivity index (χ3n) is 3.54. The zero-order chi connectivity index (χ0) is 19.1. The van der Waals surface area contributed by atoms with E-state index in [1.54, 1.807) is 63.7 Å². The SMILES string of the molecule is COCCOc1ccc(Br)cc1C(=O)Nc1ccccc1C(=O)N(C)C. The predicted molar refractivity (Wildman–Crippen MR) is 104 cm³/mol. The summed E-state index contributed by atoms with van der Waals surface area (Å²) in [4.78, 5) is 26.6. The zero-order valence-electron chi connectivity index (χ0n) is 14.9. The molecule has 0 bridgehead atoms. The van der Waals surface area contributed by atoms with Gasteiger partial charge in [0, 0.05) is 25.7 Å². The van der Waals surface area contributed by atoms with Crippen molar-refractivity contribution in [1.82, 2.24) is 4.90 Å². The molecule has 2 amide bonds. The van der Waals surface area contributed by atoms with Gasteiger partial charge in [0.15, 0.2) is 0 Å². The second kappa shape index (κ2) is 9.35. The third-order valence-corrected chi connectivity index (χ3v) is 4.04. The number of methoxy groups -OCH3 is 1. The molecule has 0 aliphatic carbocycles. The molecule has 0 aliphatic heterocycles. The molecule has 0 aromatic heterocycles. The van der Waals surface area contributed by atoms with Crippen LogP contribution in [0, 0.1) is 0 Å². The quantitative estimate of drug-likeness (QED) is 0.696. The van der Waals surface area contributed by atoms with Gasteiger partial charge in [-0.25, -0.2) is 0 Å². The average molecular weight is 421 g/mol. The molecule has 0 radical (unpaired) electrons. The van der Waals surface area contributed by atoms with Crippen molar-refractivity contribution in [3.05, 3.63) is 58.1 Å². The van der Waals surface area contributed by atoms with Crippen molar-refractivity contribution in [1.29, 1.82) is 0 Å². The van der Waals surface area contributed by atoms with Gasteiger partial charge in [-0.2, -0.15) is 0 Å². The number of nitrogens with zero attached hydrogens (tertiary/aromatic N) is 1. The van der Waals surface area contributed by atoms with Gasteiger partial charge in [0.2, 0.25) is 0 Å². The molecule has 7 heteroatoms. The monoisotopic (exact) mass is 420 g/mol. The first-order chi connectivity index (χ1) is 12.4. The second-order valence-electron chi connectivity index (χ2n) is 5.68. The van der Waals surface area contributed by atoms with Crippen molar-refractivity contribution >= 4 is 33.4 Å². The van der Waals surface area contributed by atoms with Gasteiger partial charge < -0.3 is 19.7 Å². The number of carbonyl (C=O) groups excluding carboxylic acids is 2. The highest BCUT2D eigenvalue weighted by atomic mass is 79.9. The Kier molecular flexibility index (Phi) is 7.17. The van der Waals surface area contributed by atoms with Crippen LogP contribution < -0.4 is 10.1 Å². The molecule has 0 unspecified atom stereocenters. The molecule has 0 fully saturated rings. The van der Waals surface area contributed by atoms with E-state index in [0.717, 1.165) is 4.47 Å². The van der Waals surface area contributed by atoms with Crippen molar-refractivity contribution < 1.29 is 19.1 Å². The van der Waals surface area contributed by atoms with Crippen LogP contribution in [0.5, 0.6) is 5.75 Å². The lowest BCUT2D eigenvalue weighted by atomic mass is 10.1. The van der Waals surface area contributed by atoms with Crippen molar-refractivity contribution in [3.63, 3.8) is 0 Å². The van der Waals surface area contributed by atoms with Gasteiger partial charge >= 0.3 is 0 Å². The summed E-state index contributed by atoms with van der Waals surface area (Å²) < 4.78 is 11.3. The van der Waals surface area contributed by atoms with Crippen LogP contribution in [-0.4, -0.2) is 51.1 Å². The number of anilines is 1. The Bertz CT molecular complexity index is 793. The van der Waals surface area contributed by atoms with Crippen LogP contribution in [0.4, 0.5) is 5.69 Å². The first-order valence-corrected chi connectivity index (χ1v) is 8.76. The smallest absolute Gasteiger partial charge is 0.259 e. The molecule has 0 spiro atoms. The molecule has 0 atom stereocenters. The fourth-order valence-electron chi connectivity index (χ4n) is 2.25. The van der Waals surface area contributed by atoms with Crippen LogP contribution in [0.1, 0.15) is 20.7 Å². The highest BCUT2D eigenvalue weighted by molar-refractivity contribution is 9.10. The molecular weight excluding hydrogens is 400 g/mol. The van der Waals surface area contributed by atoms with Gasteiger partial charge in [-0.3, -0.25) is 9.59 Å². The van der Waals surface area contributed by atoms with E-state index < -0.39 is 0 Å². The van der Waals surface area contributed by atoms with Crippen molar-refractivity contribution in [2.75, 3.05) is 39.7 Å². The van der Waals surface area contributed by atoms with E-state index in [-0.39, 0.29) is 11.8 Å². The first-order valence-electron chi connectivity index (χ1n) is 7.97. The fraction of sp³-hybridized carbons (Fsp3) is 0.263. The Morgan fingerprint density at radius 2 is 1.81 bits per heavy atom. The molecule has 0 aliphatic rings. The molecule has 6 nitrogen and oxygen atoms in total. The normalized spacial score (nSPS) is 10.3. The van der Waals surface area contributed by atoms with E-state index in [1.807, 2.05) is 0 Å². The van der Waals surface area contributed by atoms with Gasteiger partial charge in [-0.05, 0) is 30.3 Å². The Balaban J connectivity index is 2.28. The van der Waals surface area contributed by atoms with Gasteiger partial charge in [0.25, 0.3) is 11.8 Å². The minimum Gasteiger partial charge on any atom is -0.490 e. The van der Waals surface area contributed by atoms with Gasteiger partial charge in [0.1, 0.15) is 12.4 Å². The topological polar surface area (TPSA) is 67.9 Å². The van der Waals surface area contributed by atoms with Gasteiger partial charge in [0.05, 0.1) is 23.4 Å². The fourth-order valence-corrected chi connectivity index (χ4v) is 2.61. The summed E-state index contributed by atoms with van der Waals surface area (Å²) in [6.45, 7) is 0.741. The van der Waals surface area contributed by atoms with Crippen LogP contribution in [0.25, 0.3) is 0 Å². The molecule has 2 aromatic rings. The summed E-state index contributed by atoms with van der Waals surface area (Å²) in [5.41, 5.74) is 1.23. The number of rotatable bonds is 7. The number of para-hydroxylation sites is 1. The Morgan fingerprint density at radius 1 is 1.08 bits per heavy atom. The first kappa shape index (κ1) is 19.9. The molecule has 1 N–H and O–H groups in total. The zero-order valence-corrected chi connectivity index (χ0v) is 16.5. The maximum atomic E-state index is 12.8. The lowest BCUT2D eigenvalue weighted by molar-refractivity contribution is 0.0828. The van der Waals surface area contributed by atoms with E-state index in [4.69, 9.17) is 9.47 Å². The Hall–Kier alpha value is -2.38. The molecule has 138 valence electrons. The van der Waals surface area contributed by atoms with Crippen LogP contribution in [-0.2, 0) is 4.74 Å². The lowest BCUT2D eigenvalue weighted by Crippen LogP contribution is -2.24. The van der Waals surface area contributed by atoms with Crippen LogP contribution in [0.15, 0.2) is 46.9 Å². The van der Waals surface area contributed by atoms with Crippen molar-refractivity contribution in [2.45, 2.75) is 0 Å². The van der Waals surface area contributed by atoms with Crippen LogP contribution in [0.3, 0.4) is 0 Å². The predicted octanol–water partition coefficient (Wildman–Crippen LogP) is 3.43. The third kappa shape index (κ3) is 5.06. The van der Waals surface area contributed by atoms with Gasteiger partial charge in [-0.1, -0.05) is 28.1 Å². The number of halogens is 1. The summed E-state index contributed by atoms with van der Waals surface area (Å²) in [6.07, 6.45) is 0. The Morgan fingerprint density at radius 3 is 2.50 bits per heavy atom. The van der Waals surface area contributed by atoms with Gasteiger partial charge in [-0.15, -0.1) is 0 Å². The van der Waals surface area contributed by atoms with Crippen molar-refractivity contribution in [3.8, 4) is 5.75 Å². The molecule has 2 aromatic carbocycles. The average Bonchev–Trinajstić information content (AvgIpc) is 2.62. The molecule has 2 rings (SSSR count). The van der Waals surface area contributed by atoms with Crippen molar-refractivity contribution in [2.24, 2.45) is 0 Å². The summed E-state index contributed by atoms with van der Waals surface area (Å²) in [6, 6.07) is 12.1. The van der Waals surface area contributed by atoms with E-state index in [2.05, 4.69) is 21.2 Å². The van der Waals surface area contributed by atoms with E-state index in [1.165, 1.54) is 4.90 Å². The maximum absolute atomic E-state index is 12.8. The molecule has 26 heavy (non-hydrogen) atoms. The van der Waals surface area contributed by atoms with E-state index >= 15 is 0 Å². The lowest BCUT2D eigenvalue weighted by Gasteiger charge is -2.16. The summed E-state index contributed by atoms with van der Waals surface area (Å²) in [5, 5.41) is 2.80. The van der Waals surface area contributed by atoms with Crippen LogP contribution >= 0.6 is 15.9 Å². The largest absolute Gasteiger partial charge is 0.490 e. The molecule has 0 saturated carbocycles. The molecular formula is C19H21BrN2O4. The number of amides is 2. The standard InChI is InChI=1S/C19H21BrN2O4/c1-22(2)19(24)14-6-4-5-7-16(14)21-18(23)15-12-13(20)8-9-17(15)26-11-10-25-3/h4-9,12H,10-11H2,1-3H3,(H,21,23). The number of ether oxygens (including phenoxy) is 2. The van der Waals surface area contributed by atoms with E-state index in [9.17, 15) is 9.59 Å². The minimum absolute atomic E-state index is 0.188. The number of nitrogens with one attached hydrogen (secondary N) is 1. The molecule has 0 heterocycles. The van der Waals surface area contributed by atoms with Crippen LogP contribution in [0.2, 0.25) is 0 Å². The van der Waals surface area contributed by atoms with E-state index in [0.29, 0.717) is 35.8 Å². The summed E-state index contributed by atoms with van der Waals surface area (Å²) in [5.74, 6) is -0.108. The number of benzene rings is 2. The minimum atomic E-state index is -0.363. The number of hydrogen-bond donors (Lipinski definition) is 1. The molecule has 0 saturated heterocycles. The highest BCUT2D eigenvalue weighted by Gasteiger charge is 2.18. The maximum Gasteiger partial charge on any atom is 0.259 e. The number of carbonyl (C=O) groups is 2. The number of hydrogen-bond acceptors (Lipinski definition) is 4.